The fourth-order valence-electron chi connectivity index (χ4n) is 1.43. The number of Topliss-reactive ketones (excluding diaryl/α,β-unsaturated/α-hetero) is 1. The molecule has 0 bridgehead atoms. The lowest BCUT2D eigenvalue weighted by atomic mass is 10.1. The molecule has 1 aromatic rings. The van der Waals surface area contributed by atoms with E-state index in [0.29, 0.717) is 25.4 Å². The summed E-state index contributed by atoms with van der Waals surface area (Å²) >= 11 is 0. The van der Waals surface area contributed by atoms with Crippen molar-refractivity contribution in [2.24, 2.45) is 0 Å². The Balaban J connectivity index is 2.10. The standard InChI is InChI=1S/C15H20O5/c1-2-8-18-9-10-19-11-12-20-15(17)14(16)13-6-4-3-5-7-13/h3-7H,2,8-12H2,1H3. The van der Waals surface area contributed by atoms with Crippen LogP contribution in [0.1, 0.15) is 23.7 Å². The molecule has 0 atom stereocenters. The number of hydrogen-bond donors (Lipinski definition) is 0. The van der Waals surface area contributed by atoms with Crippen LogP contribution in [-0.2, 0) is 19.0 Å². The highest BCUT2D eigenvalue weighted by Gasteiger charge is 2.16. The van der Waals surface area contributed by atoms with Crippen LogP contribution < -0.4 is 0 Å². The lowest BCUT2D eigenvalue weighted by Gasteiger charge is -2.06. The maximum atomic E-state index is 11.6. The molecule has 0 aromatic heterocycles. The van der Waals surface area contributed by atoms with Crippen molar-refractivity contribution >= 4 is 11.8 Å². The van der Waals surface area contributed by atoms with Crippen LogP contribution in [-0.4, -0.2) is 44.8 Å². The number of esters is 1. The summed E-state index contributed by atoms with van der Waals surface area (Å²) in [5, 5.41) is 0. The predicted octanol–water partition coefficient (Wildman–Crippen LogP) is 1.86. The second kappa shape index (κ2) is 10.1. The number of carbonyl (C=O) groups is 2. The number of rotatable bonds is 10. The largest absolute Gasteiger partial charge is 0.457 e. The summed E-state index contributed by atoms with van der Waals surface area (Å²) in [5.41, 5.74) is 0.325. The van der Waals surface area contributed by atoms with Gasteiger partial charge in [0.2, 0.25) is 0 Å². The second-order valence-corrected chi connectivity index (χ2v) is 4.06. The molecule has 0 aliphatic rings. The zero-order chi connectivity index (χ0) is 14.6. The molecule has 0 N–H and O–H groups in total. The molecule has 5 nitrogen and oxygen atoms in total. The minimum absolute atomic E-state index is 0.0607. The Morgan fingerprint density at radius 2 is 1.50 bits per heavy atom. The molecule has 0 heterocycles. The molecule has 5 heteroatoms. The summed E-state index contributed by atoms with van der Waals surface area (Å²) in [5.74, 6) is -1.50. The molecular weight excluding hydrogens is 260 g/mol. The molecule has 0 spiro atoms. The van der Waals surface area contributed by atoms with Gasteiger partial charge in [-0.3, -0.25) is 4.79 Å². The van der Waals surface area contributed by atoms with Gasteiger partial charge in [-0.1, -0.05) is 37.3 Å². The summed E-state index contributed by atoms with van der Waals surface area (Å²) in [6.07, 6.45) is 0.971. The summed E-state index contributed by atoms with van der Waals surface area (Å²) in [6, 6.07) is 8.31. The van der Waals surface area contributed by atoms with E-state index in [1.165, 1.54) is 0 Å². The van der Waals surface area contributed by atoms with Crippen LogP contribution in [0.4, 0.5) is 0 Å². The van der Waals surface area contributed by atoms with Crippen molar-refractivity contribution in [2.75, 3.05) is 33.0 Å². The fourth-order valence-corrected chi connectivity index (χ4v) is 1.43. The smallest absolute Gasteiger partial charge is 0.379 e. The molecule has 0 aliphatic carbocycles. The number of benzene rings is 1. The first-order chi connectivity index (χ1) is 9.75. The SMILES string of the molecule is CCCOCCOCCOC(=O)C(=O)c1ccccc1. The Bertz CT molecular complexity index is 402. The maximum absolute atomic E-state index is 11.6. The van der Waals surface area contributed by atoms with Gasteiger partial charge in [0.1, 0.15) is 6.61 Å². The van der Waals surface area contributed by atoms with Gasteiger partial charge in [0.25, 0.3) is 5.78 Å². The van der Waals surface area contributed by atoms with Crippen molar-refractivity contribution in [2.45, 2.75) is 13.3 Å². The highest BCUT2D eigenvalue weighted by molar-refractivity contribution is 6.40. The van der Waals surface area contributed by atoms with Crippen molar-refractivity contribution in [3.63, 3.8) is 0 Å². The molecule has 1 aromatic carbocycles. The van der Waals surface area contributed by atoms with Crippen LogP contribution in [0.2, 0.25) is 0 Å². The van der Waals surface area contributed by atoms with Crippen LogP contribution in [0.25, 0.3) is 0 Å². The molecule has 0 fully saturated rings. The van der Waals surface area contributed by atoms with E-state index in [1.54, 1.807) is 30.3 Å². The van der Waals surface area contributed by atoms with Gasteiger partial charge in [-0.15, -0.1) is 0 Å². The van der Waals surface area contributed by atoms with Gasteiger partial charge >= 0.3 is 5.97 Å². The summed E-state index contributed by atoms with van der Waals surface area (Å²) in [7, 11) is 0. The summed E-state index contributed by atoms with van der Waals surface area (Å²) < 4.78 is 15.3. The molecule has 0 saturated carbocycles. The summed E-state index contributed by atoms with van der Waals surface area (Å²) in [6.45, 7) is 4.03. The third-order valence-corrected chi connectivity index (χ3v) is 2.40. The van der Waals surface area contributed by atoms with Crippen LogP contribution in [0.5, 0.6) is 0 Å². The first-order valence-electron chi connectivity index (χ1n) is 6.67. The van der Waals surface area contributed by atoms with Crippen molar-refractivity contribution < 1.29 is 23.8 Å². The van der Waals surface area contributed by atoms with E-state index < -0.39 is 11.8 Å². The lowest BCUT2D eigenvalue weighted by molar-refractivity contribution is -0.139. The van der Waals surface area contributed by atoms with Gasteiger partial charge < -0.3 is 14.2 Å². The number of hydrogen-bond acceptors (Lipinski definition) is 5. The van der Waals surface area contributed by atoms with Gasteiger partial charge in [-0.2, -0.15) is 0 Å². The second-order valence-electron chi connectivity index (χ2n) is 4.06. The van der Waals surface area contributed by atoms with E-state index >= 15 is 0 Å². The zero-order valence-electron chi connectivity index (χ0n) is 11.7. The molecule has 0 saturated heterocycles. The Kier molecular flexibility index (Phi) is 8.26. The Labute approximate surface area is 118 Å². The zero-order valence-corrected chi connectivity index (χ0v) is 11.7. The molecule has 110 valence electrons. The molecule has 20 heavy (non-hydrogen) atoms. The van der Waals surface area contributed by atoms with Crippen LogP contribution in [0.3, 0.4) is 0 Å². The van der Waals surface area contributed by atoms with Gasteiger partial charge in [0.15, 0.2) is 0 Å². The molecule has 0 amide bonds. The van der Waals surface area contributed by atoms with Crippen LogP contribution in [0, 0.1) is 0 Å². The third kappa shape index (κ3) is 6.45. The maximum Gasteiger partial charge on any atom is 0.379 e. The van der Waals surface area contributed by atoms with Gasteiger partial charge in [0, 0.05) is 12.2 Å². The quantitative estimate of drug-likeness (QED) is 0.283. The van der Waals surface area contributed by atoms with Crippen molar-refractivity contribution in [3.05, 3.63) is 35.9 Å². The lowest BCUT2D eigenvalue weighted by Crippen LogP contribution is -2.20. The number of ketones is 1. The third-order valence-electron chi connectivity index (χ3n) is 2.40. The first-order valence-corrected chi connectivity index (χ1v) is 6.67. The van der Waals surface area contributed by atoms with E-state index in [9.17, 15) is 9.59 Å². The highest BCUT2D eigenvalue weighted by Crippen LogP contribution is 2.01. The average molecular weight is 280 g/mol. The number of ether oxygens (including phenoxy) is 3. The predicted molar refractivity (Wildman–Crippen MR) is 73.7 cm³/mol. The Morgan fingerprint density at radius 1 is 0.900 bits per heavy atom. The van der Waals surface area contributed by atoms with Crippen LogP contribution >= 0.6 is 0 Å². The van der Waals surface area contributed by atoms with E-state index in [-0.39, 0.29) is 13.2 Å². The molecule has 0 unspecified atom stereocenters. The molecular formula is C15H20O5. The molecule has 0 radical (unpaired) electrons. The average Bonchev–Trinajstić information content (AvgIpc) is 2.50. The van der Waals surface area contributed by atoms with Gasteiger partial charge in [0.05, 0.1) is 19.8 Å². The topological polar surface area (TPSA) is 61.8 Å². The minimum atomic E-state index is -0.859. The van der Waals surface area contributed by atoms with E-state index in [2.05, 4.69) is 0 Å². The van der Waals surface area contributed by atoms with Crippen LogP contribution in [0.15, 0.2) is 30.3 Å². The van der Waals surface area contributed by atoms with Crippen molar-refractivity contribution in [1.82, 2.24) is 0 Å². The van der Waals surface area contributed by atoms with E-state index in [0.717, 1.165) is 6.42 Å². The van der Waals surface area contributed by atoms with E-state index in [1.807, 2.05) is 6.92 Å². The van der Waals surface area contributed by atoms with Gasteiger partial charge in [-0.25, -0.2) is 4.79 Å². The number of carbonyl (C=O) groups excluding carboxylic acids is 2. The summed E-state index contributed by atoms with van der Waals surface area (Å²) in [4.78, 5) is 23.1. The van der Waals surface area contributed by atoms with Crippen molar-refractivity contribution in [1.29, 1.82) is 0 Å². The molecule has 1 rings (SSSR count). The monoisotopic (exact) mass is 280 g/mol. The highest BCUT2D eigenvalue weighted by atomic mass is 16.6. The minimum Gasteiger partial charge on any atom is -0.457 e. The normalized spacial score (nSPS) is 10.2. The van der Waals surface area contributed by atoms with Gasteiger partial charge in [-0.05, 0) is 6.42 Å². The van der Waals surface area contributed by atoms with E-state index in [4.69, 9.17) is 14.2 Å². The fraction of sp³-hybridized carbons (Fsp3) is 0.467. The van der Waals surface area contributed by atoms with Crippen molar-refractivity contribution in [3.8, 4) is 0 Å². The first kappa shape index (κ1) is 16.3. The molecule has 0 aliphatic heterocycles. The Morgan fingerprint density at radius 3 is 2.15 bits per heavy atom. The Hall–Kier alpha value is -1.72.